The molecule has 0 aromatic heterocycles. The van der Waals surface area contributed by atoms with Crippen LogP contribution in [0.2, 0.25) is 0 Å². The van der Waals surface area contributed by atoms with Gasteiger partial charge in [-0.15, -0.1) is 0 Å². The lowest BCUT2D eigenvalue weighted by atomic mass is 10.0. The maximum Gasteiger partial charge on any atom is 0.472 e. The van der Waals surface area contributed by atoms with Crippen LogP contribution in [-0.2, 0) is 32.7 Å². The molecule has 0 bridgehead atoms. The number of quaternary nitrogens is 1. The Kier molecular flexibility index (Phi) is 38.1. The van der Waals surface area contributed by atoms with Crippen LogP contribution in [0.3, 0.4) is 0 Å². The Morgan fingerprint density at radius 1 is 0.552 bits per heavy atom. The van der Waals surface area contributed by atoms with Crippen LogP contribution < -0.4 is 0 Å². The molecule has 58 heavy (non-hydrogen) atoms. The fraction of sp³-hybridized carbons (Fsp3) is 0.708. The molecule has 0 saturated heterocycles. The Hall–Kier alpha value is -2.55. The Bertz CT molecular complexity index is 1220. The number of likely N-dealkylation sites (N-methyl/N-ethyl adjacent to an activating group) is 1. The molecule has 334 valence electrons. The van der Waals surface area contributed by atoms with Gasteiger partial charge in [0.25, 0.3) is 0 Å². The van der Waals surface area contributed by atoms with E-state index in [1.807, 2.05) is 33.3 Å². The van der Waals surface area contributed by atoms with Gasteiger partial charge in [0.2, 0.25) is 0 Å². The molecule has 0 aliphatic carbocycles. The number of allylic oxidation sites excluding steroid dienone is 12. The molecule has 0 rings (SSSR count). The number of unbranched alkanes of at least 4 members (excludes halogenated alkanes) is 14. The fourth-order valence-electron chi connectivity index (χ4n) is 5.75. The van der Waals surface area contributed by atoms with Crippen LogP contribution >= 0.6 is 7.82 Å². The summed E-state index contributed by atoms with van der Waals surface area (Å²) in [4.78, 5) is 35.4. The van der Waals surface area contributed by atoms with Crippen molar-refractivity contribution in [2.24, 2.45) is 0 Å². The van der Waals surface area contributed by atoms with Gasteiger partial charge in [0.05, 0.1) is 27.7 Å². The molecule has 0 aromatic carbocycles. The number of nitrogens with zero attached hydrogens (tertiary/aromatic N) is 1. The van der Waals surface area contributed by atoms with E-state index in [9.17, 15) is 19.0 Å². The first-order valence-electron chi connectivity index (χ1n) is 22.7. The van der Waals surface area contributed by atoms with Gasteiger partial charge in [0, 0.05) is 12.8 Å². The van der Waals surface area contributed by atoms with Crippen LogP contribution in [-0.4, -0.2) is 74.9 Å². The van der Waals surface area contributed by atoms with Crippen LogP contribution in [0.5, 0.6) is 0 Å². The van der Waals surface area contributed by atoms with E-state index < -0.39 is 32.5 Å². The van der Waals surface area contributed by atoms with Crippen molar-refractivity contribution in [3.63, 3.8) is 0 Å². The number of esters is 2. The third kappa shape index (κ3) is 43.0. The van der Waals surface area contributed by atoms with Gasteiger partial charge >= 0.3 is 19.8 Å². The van der Waals surface area contributed by atoms with E-state index in [2.05, 4.69) is 74.6 Å². The zero-order valence-electron chi connectivity index (χ0n) is 37.5. The van der Waals surface area contributed by atoms with Crippen molar-refractivity contribution in [1.82, 2.24) is 0 Å². The van der Waals surface area contributed by atoms with Gasteiger partial charge in [-0.05, 0) is 51.4 Å². The third-order valence-corrected chi connectivity index (χ3v) is 10.2. The van der Waals surface area contributed by atoms with Crippen molar-refractivity contribution in [3.8, 4) is 0 Å². The Morgan fingerprint density at radius 2 is 0.983 bits per heavy atom. The molecule has 0 amide bonds. The number of phosphoric ester groups is 1. The molecular weight excluding hydrogens is 750 g/mol. The largest absolute Gasteiger partial charge is 0.472 e. The lowest BCUT2D eigenvalue weighted by Crippen LogP contribution is -2.37. The summed E-state index contributed by atoms with van der Waals surface area (Å²) in [6, 6.07) is 0. The Labute approximate surface area is 355 Å². The number of hydrogen-bond acceptors (Lipinski definition) is 7. The lowest BCUT2D eigenvalue weighted by molar-refractivity contribution is -0.870. The molecule has 0 aliphatic rings. The normalized spacial score (nSPS) is 14.2. The summed E-state index contributed by atoms with van der Waals surface area (Å²) in [7, 11) is 1.43. The molecule has 1 N–H and O–H groups in total. The Balaban J connectivity index is 4.46. The van der Waals surface area contributed by atoms with Crippen LogP contribution in [0.15, 0.2) is 72.9 Å². The van der Waals surface area contributed by atoms with Crippen molar-refractivity contribution in [2.75, 3.05) is 47.5 Å². The van der Waals surface area contributed by atoms with E-state index in [4.69, 9.17) is 18.5 Å². The van der Waals surface area contributed by atoms with Crippen molar-refractivity contribution in [3.05, 3.63) is 72.9 Å². The number of ether oxygens (including phenoxy) is 2. The highest BCUT2D eigenvalue weighted by molar-refractivity contribution is 7.47. The summed E-state index contributed by atoms with van der Waals surface area (Å²) in [5, 5.41) is 0. The van der Waals surface area contributed by atoms with Gasteiger partial charge in [-0.2, -0.15) is 0 Å². The quantitative estimate of drug-likeness (QED) is 0.0214. The molecule has 0 spiro atoms. The van der Waals surface area contributed by atoms with Gasteiger partial charge in [-0.25, -0.2) is 4.57 Å². The van der Waals surface area contributed by atoms with E-state index in [-0.39, 0.29) is 26.1 Å². The number of carbonyl (C=O) groups excluding carboxylic acids is 2. The molecule has 10 heteroatoms. The first-order valence-corrected chi connectivity index (χ1v) is 24.2. The van der Waals surface area contributed by atoms with E-state index >= 15 is 0 Å². The second-order valence-corrected chi connectivity index (χ2v) is 17.5. The minimum absolute atomic E-state index is 0.0184. The van der Waals surface area contributed by atoms with Crippen LogP contribution in [0, 0.1) is 0 Å². The molecule has 0 fully saturated rings. The molecule has 9 nitrogen and oxygen atoms in total. The maximum absolute atomic E-state index is 12.7. The zero-order chi connectivity index (χ0) is 42.8. The van der Waals surface area contributed by atoms with Gasteiger partial charge in [0.15, 0.2) is 6.10 Å². The summed E-state index contributed by atoms with van der Waals surface area (Å²) in [5.74, 6) is -0.898. The fourth-order valence-corrected chi connectivity index (χ4v) is 6.49. The summed E-state index contributed by atoms with van der Waals surface area (Å²) in [5.41, 5.74) is 0. The van der Waals surface area contributed by atoms with Gasteiger partial charge < -0.3 is 18.9 Å². The molecule has 0 radical (unpaired) electrons. The summed E-state index contributed by atoms with van der Waals surface area (Å²) in [6.45, 7) is 4.22. The van der Waals surface area contributed by atoms with Gasteiger partial charge in [0.1, 0.15) is 19.8 Å². The third-order valence-electron chi connectivity index (χ3n) is 9.26. The first-order chi connectivity index (χ1) is 28.0. The van der Waals surface area contributed by atoms with Crippen molar-refractivity contribution < 1.29 is 42.1 Å². The maximum atomic E-state index is 12.7. The standard InChI is InChI=1S/C48H84NO8P/c1-6-8-10-12-14-16-18-20-22-23-24-25-27-28-30-32-34-36-38-40-47(50)54-44-46(45-56-58(52,53)55-43-42-49(3,4)5)57-48(51)41-39-37-35-33-31-29-26-21-19-17-15-13-11-9-7-2/h8,10,14,16,20,22,24-25,28,30,34,36,46H,6-7,9,11-13,15,17-19,21,23,26-27,29,31-33,35,37-45H2,1-5H3/p+1/b10-8+,16-14+,22-20+,25-24+,30-28+,36-34+/t46-/m1/s1. The summed E-state index contributed by atoms with van der Waals surface area (Å²) < 4.78 is 34.2. The van der Waals surface area contributed by atoms with Crippen LogP contribution in [0.4, 0.5) is 0 Å². The molecular formula is C48H85NO8P+. The molecule has 0 aliphatic heterocycles. The van der Waals surface area contributed by atoms with E-state index in [1.165, 1.54) is 70.6 Å². The molecule has 1 unspecified atom stereocenters. The highest BCUT2D eigenvalue weighted by Crippen LogP contribution is 2.43. The second-order valence-electron chi connectivity index (χ2n) is 16.1. The lowest BCUT2D eigenvalue weighted by Gasteiger charge is -2.24. The average molecular weight is 835 g/mol. The number of hydrogen-bond donors (Lipinski definition) is 1. The van der Waals surface area contributed by atoms with Crippen LogP contribution in [0.25, 0.3) is 0 Å². The molecule has 2 atom stereocenters. The van der Waals surface area contributed by atoms with Crippen LogP contribution in [0.1, 0.15) is 168 Å². The number of rotatable bonds is 40. The van der Waals surface area contributed by atoms with Crippen molar-refractivity contribution in [2.45, 2.75) is 174 Å². The van der Waals surface area contributed by atoms with Crippen molar-refractivity contribution >= 4 is 19.8 Å². The SMILES string of the molecule is CC/C=C/C/C=C/C/C=C/C/C=C/C/C=C/C/C=C/CCC(=O)OC[C@H](COP(=O)(O)OCC[N+](C)(C)C)OC(=O)CCCCCCCCCCCCCCCCC. The first kappa shape index (κ1) is 55.5. The smallest absolute Gasteiger partial charge is 0.462 e. The highest BCUT2D eigenvalue weighted by Gasteiger charge is 2.27. The summed E-state index contributed by atoms with van der Waals surface area (Å²) in [6.07, 6.45) is 49.6. The second kappa shape index (κ2) is 39.9. The topological polar surface area (TPSA) is 108 Å². The van der Waals surface area contributed by atoms with E-state index in [0.717, 1.165) is 57.8 Å². The zero-order valence-corrected chi connectivity index (χ0v) is 38.4. The minimum atomic E-state index is -4.39. The molecule has 0 heterocycles. The van der Waals surface area contributed by atoms with E-state index in [0.29, 0.717) is 23.9 Å². The van der Waals surface area contributed by atoms with Gasteiger partial charge in [-0.1, -0.05) is 177 Å². The highest BCUT2D eigenvalue weighted by atomic mass is 31.2. The minimum Gasteiger partial charge on any atom is -0.462 e. The number of phosphoric acid groups is 1. The molecule has 0 saturated carbocycles. The molecule has 0 aromatic rings. The van der Waals surface area contributed by atoms with Crippen molar-refractivity contribution in [1.29, 1.82) is 0 Å². The van der Waals surface area contributed by atoms with Gasteiger partial charge in [-0.3, -0.25) is 18.6 Å². The average Bonchev–Trinajstić information content (AvgIpc) is 3.17. The Morgan fingerprint density at radius 3 is 1.43 bits per heavy atom. The monoisotopic (exact) mass is 835 g/mol. The predicted octanol–water partition coefficient (Wildman–Crippen LogP) is 13.0. The van der Waals surface area contributed by atoms with E-state index in [1.54, 1.807) is 0 Å². The number of carbonyl (C=O) groups is 2. The summed E-state index contributed by atoms with van der Waals surface area (Å²) >= 11 is 0. The predicted molar refractivity (Wildman–Crippen MR) is 242 cm³/mol.